The van der Waals surface area contributed by atoms with E-state index in [0.29, 0.717) is 23.2 Å². The number of esters is 1. The third-order valence-corrected chi connectivity index (χ3v) is 6.54. The minimum absolute atomic E-state index is 0.0439. The third kappa shape index (κ3) is 10.5. The molecule has 0 aromatic heterocycles. The van der Waals surface area contributed by atoms with E-state index in [1.165, 1.54) is 5.56 Å². The number of amides is 1. The van der Waals surface area contributed by atoms with Crippen molar-refractivity contribution in [3.05, 3.63) is 72.3 Å². The summed E-state index contributed by atoms with van der Waals surface area (Å²) in [4.78, 5) is 24.8. The van der Waals surface area contributed by atoms with Crippen LogP contribution in [0, 0.1) is 5.92 Å². The highest BCUT2D eigenvalue weighted by Crippen LogP contribution is 2.29. The number of hydrogen-bond acceptors (Lipinski definition) is 6. The second kappa shape index (κ2) is 15.1. The summed E-state index contributed by atoms with van der Waals surface area (Å²) in [7, 11) is 0. The van der Waals surface area contributed by atoms with Gasteiger partial charge in [-0.3, -0.25) is 0 Å². The Morgan fingerprint density at radius 2 is 1.74 bits per heavy atom. The van der Waals surface area contributed by atoms with E-state index in [1.807, 2.05) is 42.5 Å². The van der Waals surface area contributed by atoms with Crippen molar-refractivity contribution in [2.24, 2.45) is 5.92 Å². The topological polar surface area (TPSA) is 73.9 Å². The highest BCUT2D eigenvalue weighted by atomic mass is 32.2. The number of carbonyl (C=O) groups excluding carboxylic acids is 2. The SMILES string of the molecule is C=C(C)C(=O)OCCNC(=O)OC(COc1ccc(C(CC)C(C)C)cc1)CSc1ccccc1. The first-order valence-electron chi connectivity index (χ1n) is 12.0. The second-order valence-corrected chi connectivity index (χ2v) is 9.73. The summed E-state index contributed by atoms with van der Waals surface area (Å²) in [6.07, 6.45) is 0.0278. The largest absolute Gasteiger partial charge is 0.490 e. The average Bonchev–Trinajstić information content (AvgIpc) is 2.85. The Balaban J connectivity index is 1.91. The van der Waals surface area contributed by atoms with Gasteiger partial charge in [-0.2, -0.15) is 0 Å². The number of carbonyl (C=O) groups is 2. The van der Waals surface area contributed by atoms with Crippen molar-refractivity contribution < 1.29 is 23.8 Å². The molecule has 7 heteroatoms. The Bertz CT molecular complexity index is 930. The number of rotatable bonds is 14. The van der Waals surface area contributed by atoms with Gasteiger partial charge >= 0.3 is 12.1 Å². The number of nitrogens with one attached hydrogen (secondary N) is 1. The molecule has 0 saturated carbocycles. The molecule has 1 amide bonds. The molecule has 0 heterocycles. The molecule has 0 radical (unpaired) electrons. The van der Waals surface area contributed by atoms with Crippen LogP contribution in [0.1, 0.15) is 45.6 Å². The van der Waals surface area contributed by atoms with Crippen molar-refractivity contribution >= 4 is 23.8 Å². The molecule has 0 spiro atoms. The molecule has 0 aliphatic heterocycles. The lowest BCUT2D eigenvalue weighted by atomic mass is 9.86. The lowest BCUT2D eigenvalue weighted by molar-refractivity contribution is -0.138. The molecule has 0 saturated heterocycles. The minimum Gasteiger partial charge on any atom is -0.490 e. The van der Waals surface area contributed by atoms with Crippen LogP contribution in [0.4, 0.5) is 4.79 Å². The van der Waals surface area contributed by atoms with Gasteiger partial charge in [0.05, 0.1) is 6.54 Å². The molecule has 1 N–H and O–H groups in total. The zero-order valence-corrected chi connectivity index (χ0v) is 21.9. The van der Waals surface area contributed by atoms with E-state index in [-0.39, 0.29) is 19.8 Å². The summed E-state index contributed by atoms with van der Waals surface area (Å²) < 4.78 is 16.6. The van der Waals surface area contributed by atoms with Crippen LogP contribution in [0.5, 0.6) is 5.75 Å². The molecule has 0 aliphatic carbocycles. The predicted molar refractivity (Wildman–Crippen MR) is 141 cm³/mol. The zero-order valence-electron chi connectivity index (χ0n) is 21.1. The van der Waals surface area contributed by atoms with Crippen molar-refractivity contribution in [3.8, 4) is 5.75 Å². The molecular formula is C28H37NO5S. The second-order valence-electron chi connectivity index (χ2n) is 8.63. The van der Waals surface area contributed by atoms with Gasteiger partial charge in [0.25, 0.3) is 0 Å². The fraction of sp³-hybridized carbons (Fsp3) is 0.429. The minimum atomic E-state index is -0.586. The zero-order chi connectivity index (χ0) is 25.6. The Labute approximate surface area is 213 Å². The quantitative estimate of drug-likeness (QED) is 0.144. The fourth-order valence-corrected chi connectivity index (χ4v) is 4.42. The van der Waals surface area contributed by atoms with Gasteiger partial charge in [0, 0.05) is 16.2 Å². The molecule has 35 heavy (non-hydrogen) atoms. The summed E-state index contributed by atoms with van der Waals surface area (Å²) in [6.45, 7) is 12.2. The first kappa shape index (κ1) is 28.3. The van der Waals surface area contributed by atoms with Gasteiger partial charge in [-0.05, 0) is 55.0 Å². The molecule has 6 nitrogen and oxygen atoms in total. The van der Waals surface area contributed by atoms with Gasteiger partial charge in [-0.25, -0.2) is 9.59 Å². The molecule has 2 aromatic carbocycles. The van der Waals surface area contributed by atoms with E-state index in [2.05, 4.69) is 44.8 Å². The van der Waals surface area contributed by atoms with Crippen LogP contribution in [-0.2, 0) is 14.3 Å². The third-order valence-electron chi connectivity index (χ3n) is 5.39. The summed E-state index contributed by atoms with van der Waals surface area (Å²) in [5.41, 5.74) is 1.61. The summed E-state index contributed by atoms with van der Waals surface area (Å²) >= 11 is 1.59. The normalized spacial score (nSPS) is 12.5. The number of ether oxygens (including phenoxy) is 3. The number of thioether (sulfide) groups is 1. The van der Waals surface area contributed by atoms with Crippen molar-refractivity contribution in [1.82, 2.24) is 5.32 Å². The smallest absolute Gasteiger partial charge is 0.407 e. The Morgan fingerprint density at radius 1 is 1.06 bits per heavy atom. The van der Waals surface area contributed by atoms with Crippen LogP contribution >= 0.6 is 11.8 Å². The van der Waals surface area contributed by atoms with Gasteiger partial charge in [-0.1, -0.05) is 57.7 Å². The van der Waals surface area contributed by atoms with E-state index >= 15 is 0 Å². The van der Waals surface area contributed by atoms with Crippen LogP contribution in [0.3, 0.4) is 0 Å². The van der Waals surface area contributed by atoms with Crippen molar-refractivity contribution in [3.63, 3.8) is 0 Å². The Morgan fingerprint density at radius 3 is 2.34 bits per heavy atom. The molecule has 0 aliphatic rings. The lowest BCUT2D eigenvalue weighted by Crippen LogP contribution is -2.35. The molecular weight excluding hydrogens is 462 g/mol. The molecule has 0 fully saturated rings. The van der Waals surface area contributed by atoms with Crippen molar-refractivity contribution in [2.45, 2.75) is 51.0 Å². The monoisotopic (exact) mass is 499 g/mol. The van der Waals surface area contributed by atoms with E-state index in [0.717, 1.165) is 17.1 Å². The molecule has 2 rings (SSSR count). The molecule has 2 aromatic rings. The van der Waals surface area contributed by atoms with Crippen LogP contribution < -0.4 is 10.1 Å². The van der Waals surface area contributed by atoms with Crippen molar-refractivity contribution in [2.75, 3.05) is 25.5 Å². The fourth-order valence-electron chi connectivity index (χ4n) is 3.53. The van der Waals surface area contributed by atoms with Gasteiger partial charge in [0.1, 0.15) is 25.1 Å². The van der Waals surface area contributed by atoms with Gasteiger partial charge in [0.2, 0.25) is 0 Å². The Hall–Kier alpha value is -2.93. The maximum atomic E-state index is 12.3. The van der Waals surface area contributed by atoms with E-state index in [4.69, 9.17) is 14.2 Å². The number of hydrogen-bond donors (Lipinski definition) is 1. The highest BCUT2D eigenvalue weighted by Gasteiger charge is 2.17. The summed E-state index contributed by atoms with van der Waals surface area (Å²) in [6, 6.07) is 18.1. The van der Waals surface area contributed by atoms with Crippen LogP contribution in [0.15, 0.2) is 71.6 Å². The highest BCUT2D eigenvalue weighted by molar-refractivity contribution is 7.99. The van der Waals surface area contributed by atoms with E-state index in [1.54, 1.807) is 18.7 Å². The van der Waals surface area contributed by atoms with Crippen LogP contribution in [0.25, 0.3) is 0 Å². The standard InChI is InChI=1S/C28H37NO5S/c1-6-26(20(2)3)22-12-14-23(15-13-22)33-18-24(19-35-25-10-8-7-9-11-25)34-28(31)29-16-17-32-27(30)21(4)5/h7-15,20,24,26H,4,6,16-19H2,1-3,5H3,(H,29,31). The number of alkyl carbamates (subject to hydrolysis) is 1. The molecule has 0 bridgehead atoms. The van der Waals surface area contributed by atoms with Gasteiger partial charge in [0.15, 0.2) is 0 Å². The first-order valence-corrected chi connectivity index (χ1v) is 13.0. The molecule has 190 valence electrons. The first-order chi connectivity index (χ1) is 16.8. The van der Waals surface area contributed by atoms with E-state index in [9.17, 15) is 9.59 Å². The molecule has 2 unspecified atom stereocenters. The molecule has 2 atom stereocenters. The maximum Gasteiger partial charge on any atom is 0.407 e. The Kier molecular flexibility index (Phi) is 12.2. The predicted octanol–water partition coefficient (Wildman–Crippen LogP) is 6.22. The number of benzene rings is 2. The van der Waals surface area contributed by atoms with Crippen molar-refractivity contribution in [1.29, 1.82) is 0 Å². The van der Waals surface area contributed by atoms with Gasteiger partial charge in [-0.15, -0.1) is 11.8 Å². The van der Waals surface area contributed by atoms with Crippen LogP contribution in [0.2, 0.25) is 0 Å². The summed E-state index contributed by atoms with van der Waals surface area (Å²) in [5.74, 6) is 1.86. The average molecular weight is 500 g/mol. The lowest BCUT2D eigenvalue weighted by Gasteiger charge is -2.21. The summed E-state index contributed by atoms with van der Waals surface area (Å²) in [5, 5.41) is 2.61. The van der Waals surface area contributed by atoms with E-state index < -0.39 is 18.2 Å². The van der Waals surface area contributed by atoms with Gasteiger partial charge < -0.3 is 19.5 Å². The maximum absolute atomic E-state index is 12.3. The van der Waals surface area contributed by atoms with Crippen LogP contribution in [-0.4, -0.2) is 43.7 Å².